The van der Waals surface area contributed by atoms with Crippen molar-refractivity contribution in [2.75, 3.05) is 13.1 Å². The van der Waals surface area contributed by atoms with Crippen LogP contribution in [0.4, 0.5) is 0 Å². The molecule has 0 saturated carbocycles. The fourth-order valence-corrected chi connectivity index (χ4v) is 7.08. The molecule has 1 unspecified atom stereocenters. The van der Waals surface area contributed by atoms with E-state index in [1.807, 2.05) is 38.1 Å². The maximum Gasteiger partial charge on any atom is 0.331 e. The van der Waals surface area contributed by atoms with Crippen LogP contribution in [0.1, 0.15) is 23.1 Å². The Balaban J connectivity index is 1.20. The summed E-state index contributed by atoms with van der Waals surface area (Å²) in [5, 5.41) is 58.2. The van der Waals surface area contributed by atoms with Crippen molar-refractivity contribution in [2.24, 2.45) is 4.99 Å². The van der Waals surface area contributed by atoms with Gasteiger partial charge < -0.3 is 53.7 Å². The van der Waals surface area contributed by atoms with Gasteiger partial charge in [-0.15, -0.1) is 0 Å². The zero-order valence-corrected chi connectivity index (χ0v) is 31.1. The second-order valence-electron chi connectivity index (χ2n) is 14.0. The molecule has 302 valence electrons. The Hall–Kier alpha value is -6.05. The molecule has 3 aliphatic rings. The Bertz CT molecular complexity index is 2370. The molecule has 6 N–H and O–H groups in total. The number of phenolic OH excluding ortho intramolecular Hbond substituents is 1. The monoisotopic (exact) mass is 797 g/mol. The summed E-state index contributed by atoms with van der Waals surface area (Å²) in [6, 6.07) is 14.1. The van der Waals surface area contributed by atoms with E-state index in [-0.39, 0.29) is 53.0 Å². The van der Waals surface area contributed by atoms with Gasteiger partial charge in [0.05, 0.1) is 16.9 Å². The predicted molar refractivity (Wildman–Crippen MR) is 201 cm³/mol. The SMILES string of the molecule is Cc1cc(C)cc(C2=C3N=CC=C3C[NH+]2O[C@H]2[C@@H](Oc3ccc4c(=O)c(-c5ccc(O)cc5)coc4c3)O[C@@H]([C@@H](O)OC(=O)[C@H](NCCC=O)C(=O)[O-])[C@H](O)[C@H]2O)c1. The van der Waals surface area contributed by atoms with E-state index in [0.29, 0.717) is 28.3 Å². The van der Waals surface area contributed by atoms with Gasteiger partial charge in [-0.05, 0) is 61.9 Å². The molecule has 1 saturated heterocycles. The van der Waals surface area contributed by atoms with E-state index >= 15 is 0 Å². The molecule has 1 fully saturated rings. The molecule has 0 spiro atoms. The first-order valence-corrected chi connectivity index (χ1v) is 18.2. The molecular formula is C41H39N3O14. The molecule has 17 nitrogen and oxygen atoms in total. The van der Waals surface area contributed by atoms with E-state index in [1.165, 1.54) is 36.6 Å². The van der Waals surface area contributed by atoms with Gasteiger partial charge in [0.15, 0.2) is 17.2 Å². The highest BCUT2D eigenvalue weighted by Gasteiger charge is 2.53. The zero-order chi connectivity index (χ0) is 41.2. The van der Waals surface area contributed by atoms with Crippen LogP contribution in [-0.4, -0.2) is 101 Å². The summed E-state index contributed by atoms with van der Waals surface area (Å²) in [5.41, 5.74) is 5.34. The van der Waals surface area contributed by atoms with Crippen LogP contribution in [0.2, 0.25) is 0 Å². The number of aliphatic carboxylic acids is 1. The minimum absolute atomic E-state index is 0.0243. The molecule has 0 radical (unpaired) electrons. The Morgan fingerprint density at radius 2 is 1.79 bits per heavy atom. The second kappa shape index (κ2) is 16.8. The molecule has 0 aliphatic carbocycles. The van der Waals surface area contributed by atoms with Crippen molar-refractivity contribution in [1.29, 1.82) is 0 Å². The van der Waals surface area contributed by atoms with Gasteiger partial charge in [0.25, 0.3) is 0 Å². The highest BCUT2D eigenvalue weighted by molar-refractivity contribution is 5.97. The number of aromatic hydroxyl groups is 1. The Morgan fingerprint density at radius 1 is 1.05 bits per heavy atom. The molecular weight excluding hydrogens is 758 g/mol. The molecule has 0 amide bonds. The number of esters is 1. The molecule has 4 heterocycles. The van der Waals surface area contributed by atoms with Gasteiger partial charge in [0.1, 0.15) is 60.1 Å². The number of aliphatic imine (C=N–C) groups is 1. The summed E-state index contributed by atoms with van der Waals surface area (Å²) in [5.74, 6) is -3.38. The van der Waals surface area contributed by atoms with Crippen LogP contribution in [0.3, 0.4) is 0 Å². The van der Waals surface area contributed by atoms with Crippen molar-refractivity contribution in [1.82, 2.24) is 5.32 Å². The number of carbonyl (C=O) groups excluding carboxylic acids is 3. The van der Waals surface area contributed by atoms with Gasteiger partial charge in [-0.3, -0.25) is 10.1 Å². The van der Waals surface area contributed by atoms with E-state index < -0.39 is 55.0 Å². The number of nitrogens with one attached hydrogen (secondary N) is 2. The number of aliphatic hydroxyl groups excluding tert-OH is 3. The number of hydrogen-bond donors (Lipinski definition) is 6. The molecule has 58 heavy (non-hydrogen) atoms. The first-order chi connectivity index (χ1) is 27.8. The summed E-state index contributed by atoms with van der Waals surface area (Å²) in [6.07, 6.45) is -6.26. The number of carboxylic acid groups (broad SMARTS) is 1. The number of aliphatic hydroxyl groups is 3. The first-order valence-electron chi connectivity index (χ1n) is 18.2. The average Bonchev–Trinajstić information content (AvgIpc) is 3.77. The van der Waals surface area contributed by atoms with E-state index in [9.17, 15) is 44.7 Å². The van der Waals surface area contributed by atoms with Gasteiger partial charge >= 0.3 is 5.97 Å². The van der Waals surface area contributed by atoms with Crippen molar-refractivity contribution in [2.45, 2.75) is 63.3 Å². The van der Waals surface area contributed by atoms with Crippen LogP contribution < -0.4 is 25.7 Å². The highest BCUT2D eigenvalue weighted by Crippen LogP contribution is 2.33. The Kier molecular flexibility index (Phi) is 11.6. The number of hydroxylamine groups is 2. The van der Waals surface area contributed by atoms with Gasteiger partial charge in [0.2, 0.25) is 18.7 Å². The second-order valence-corrected chi connectivity index (χ2v) is 14.0. The zero-order valence-electron chi connectivity index (χ0n) is 31.1. The minimum Gasteiger partial charge on any atom is -0.548 e. The quantitative estimate of drug-likeness (QED) is 0.0305. The number of quaternary nitrogens is 1. The molecule has 7 rings (SSSR count). The summed E-state index contributed by atoms with van der Waals surface area (Å²) < 4.78 is 23.0. The number of ether oxygens (including phenoxy) is 3. The van der Waals surface area contributed by atoms with Crippen LogP contribution in [0.15, 0.2) is 98.5 Å². The summed E-state index contributed by atoms with van der Waals surface area (Å²) in [6.45, 7) is 3.91. The van der Waals surface area contributed by atoms with E-state index in [1.54, 1.807) is 18.3 Å². The number of allylic oxidation sites excluding steroid dienone is 1. The molecule has 3 aliphatic heterocycles. The van der Waals surface area contributed by atoms with Crippen molar-refractivity contribution in [3.05, 3.63) is 111 Å². The third-order valence-electron chi connectivity index (χ3n) is 9.80. The number of nitrogens with zero attached hydrogens (tertiary/aromatic N) is 1. The van der Waals surface area contributed by atoms with Crippen LogP contribution in [0.5, 0.6) is 11.5 Å². The van der Waals surface area contributed by atoms with E-state index in [2.05, 4.69) is 10.3 Å². The standard InChI is InChI=1S/C41H39N3O14/c1-20-14-21(2)16-24(15-20)32-30-23(10-12-43-30)18-44(32)58-37-35(49)34(48)36(40(53)57-39(52)31(38(50)51)42-11-3-13-45)56-41(37)55-26-8-9-27-29(17-26)54-19-28(33(27)47)22-4-6-25(46)7-5-22/h4-10,12-17,19,31,34-37,40-42,46,48-49,53H,3,11,18H2,1-2H3,(H,50,51)/t31-,34-,35-,36-,37-,40+,41+/m1/s1. The topological polar surface area (TPSA) is 251 Å². The highest BCUT2D eigenvalue weighted by atomic mass is 16.8. The number of phenols is 1. The number of hydrogen-bond acceptors (Lipinski definition) is 16. The minimum atomic E-state index is -2.36. The fraction of sp³-hybridized carbons (Fsp3) is 0.293. The number of fused-ring (bicyclic) bond motifs is 2. The van der Waals surface area contributed by atoms with Crippen molar-refractivity contribution < 1.29 is 68.4 Å². The van der Waals surface area contributed by atoms with Crippen LogP contribution in [-0.2, 0) is 28.7 Å². The number of rotatable bonds is 14. The van der Waals surface area contributed by atoms with Gasteiger partial charge in [-0.2, -0.15) is 9.90 Å². The molecule has 0 bridgehead atoms. The third-order valence-corrected chi connectivity index (χ3v) is 9.80. The van der Waals surface area contributed by atoms with Crippen molar-refractivity contribution in [3.63, 3.8) is 0 Å². The fourth-order valence-electron chi connectivity index (χ4n) is 7.08. The molecule has 3 aromatic carbocycles. The third kappa shape index (κ3) is 8.18. The molecule has 1 aromatic heterocycles. The van der Waals surface area contributed by atoms with Gasteiger partial charge in [-0.1, -0.05) is 29.3 Å². The maximum atomic E-state index is 13.5. The lowest BCUT2D eigenvalue weighted by Gasteiger charge is -2.42. The maximum absolute atomic E-state index is 13.5. The summed E-state index contributed by atoms with van der Waals surface area (Å²) in [4.78, 5) is 59.7. The molecule has 8 atom stereocenters. The number of aryl methyl sites for hydroxylation is 2. The van der Waals surface area contributed by atoms with E-state index in [4.69, 9.17) is 23.5 Å². The van der Waals surface area contributed by atoms with Gasteiger partial charge in [-0.25, -0.2) is 9.79 Å². The molecule has 17 heteroatoms. The predicted octanol–water partition coefficient (Wildman–Crippen LogP) is -0.655. The van der Waals surface area contributed by atoms with Gasteiger partial charge in [0, 0.05) is 36.4 Å². The lowest BCUT2D eigenvalue weighted by molar-refractivity contribution is -1.04. The number of carbonyl (C=O) groups is 3. The van der Waals surface area contributed by atoms with Crippen molar-refractivity contribution in [3.8, 4) is 22.6 Å². The Labute approximate surface area is 329 Å². The van der Waals surface area contributed by atoms with E-state index in [0.717, 1.165) is 22.3 Å². The van der Waals surface area contributed by atoms with Crippen LogP contribution in [0, 0.1) is 13.8 Å². The Morgan fingerprint density at radius 3 is 2.50 bits per heavy atom. The summed E-state index contributed by atoms with van der Waals surface area (Å²) in [7, 11) is 0. The average molecular weight is 798 g/mol. The molecule has 4 aromatic rings. The normalized spacial score (nSPS) is 23.6. The van der Waals surface area contributed by atoms with Crippen LogP contribution in [0.25, 0.3) is 27.8 Å². The lowest BCUT2D eigenvalue weighted by atomic mass is 9.98. The number of carboxylic acids is 1. The van der Waals surface area contributed by atoms with Crippen LogP contribution >= 0.6 is 0 Å². The number of aldehydes is 1. The lowest BCUT2D eigenvalue weighted by Crippen LogP contribution is -3.08. The number of benzene rings is 3. The first kappa shape index (κ1) is 40.2. The van der Waals surface area contributed by atoms with Crippen molar-refractivity contribution >= 4 is 41.1 Å². The summed E-state index contributed by atoms with van der Waals surface area (Å²) >= 11 is 0. The smallest absolute Gasteiger partial charge is 0.331 e. The largest absolute Gasteiger partial charge is 0.548 e.